The molecule has 0 bridgehead atoms. The zero-order chi connectivity index (χ0) is 5.70. The van der Waals surface area contributed by atoms with Crippen molar-refractivity contribution in [2.75, 3.05) is 20.6 Å². The van der Waals surface area contributed by atoms with Crippen molar-refractivity contribution in [3.8, 4) is 0 Å². The second kappa shape index (κ2) is 11.3. The molecule has 60 valence electrons. The summed E-state index contributed by atoms with van der Waals surface area (Å²) in [5.74, 6) is 0. The Morgan fingerprint density at radius 2 is 1.67 bits per heavy atom. The van der Waals surface area contributed by atoms with Crippen LogP contribution >= 0.6 is 24.8 Å². The maximum absolute atomic E-state index is 2.92. The Balaban J connectivity index is -0.000000180. The summed E-state index contributed by atoms with van der Waals surface area (Å²) >= 11 is 0. The number of hydrazine groups is 2. The first-order chi connectivity index (χ1) is 3.27. The van der Waals surface area contributed by atoms with Gasteiger partial charge in [0, 0.05) is 20.6 Å². The number of halogens is 2. The summed E-state index contributed by atoms with van der Waals surface area (Å²) in [6.07, 6.45) is 0. The Labute approximate surface area is 68.9 Å². The quantitative estimate of drug-likeness (QED) is 0.610. The van der Waals surface area contributed by atoms with Gasteiger partial charge in [0.05, 0.1) is 0 Å². The Morgan fingerprint density at radius 3 is 1.78 bits per heavy atom. The van der Waals surface area contributed by atoms with Crippen LogP contribution in [-0.4, -0.2) is 25.6 Å². The summed E-state index contributed by atoms with van der Waals surface area (Å²) in [7, 11) is 3.87. The monoisotopic (exact) mass is 175 g/mol. The van der Waals surface area contributed by atoms with Crippen molar-refractivity contribution in [1.82, 2.24) is 16.0 Å². The lowest BCUT2D eigenvalue weighted by atomic mass is 10.8. The zero-order valence-corrected chi connectivity index (χ0v) is 7.60. The van der Waals surface area contributed by atoms with Crippen molar-refractivity contribution in [1.29, 1.82) is 0 Å². The van der Waals surface area contributed by atoms with Gasteiger partial charge in [-0.3, -0.25) is 0 Å². The third kappa shape index (κ3) is 17.7. The molecule has 3 nitrogen and oxygen atoms in total. The molecule has 0 aliphatic carbocycles. The molecule has 0 aromatic heterocycles. The van der Waals surface area contributed by atoms with Crippen molar-refractivity contribution in [3.63, 3.8) is 0 Å². The van der Waals surface area contributed by atoms with E-state index in [2.05, 4.69) is 11.0 Å². The van der Waals surface area contributed by atoms with E-state index in [0.29, 0.717) is 0 Å². The highest BCUT2D eigenvalue weighted by molar-refractivity contribution is 5.85. The molecule has 9 heavy (non-hydrogen) atoms. The number of rotatable bonds is 3. The second-order valence-electron chi connectivity index (χ2n) is 1.54. The molecule has 0 aliphatic rings. The molecular formula is C4H15Cl2N3. The molecule has 0 atom stereocenters. The second-order valence-corrected chi connectivity index (χ2v) is 1.54. The standard InChI is InChI=1S/C4H13N3.2ClH/c1-4-5-6-7(2)3;;/h5-6H,4H2,1-3H3;2*1H. The fourth-order valence-electron chi connectivity index (χ4n) is 0.237. The van der Waals surface area contributed by atoms with Crippen molar-refractivity contribution >= 4 is 24.8 Å². The molecule has 0 spiro atoms. The lowest BCUT2D eigenvalue weighted by Gasteiger charge is -2.10. The first-order valence-electron chi connectivity index (χ1n) is 2.43. The van der Waals surface area contributed by atoms with E-state index in [0.717, 1.165) is 6.54 Å². The summed E-state index contributed by atoms with van der Waals surface area (Å²) in [6, 6.07) is 0. The molecular weight excluding hydrogens is 161 g/mol. The fourth-order valence-corrected chi connectivity index (χ4v) is 0.237. The van der Waals surface area contributed by atoms with Crippen molar-refractivity contribution in [3.05, 3.63) is 0 Å². The van der Waals surface area contributed by atoms with E-state index < -0.39 is 0 Å². The summed E-state index contributed by atoms with van der Waals surface area (Å²) in [4.78, 5) is 0. The zero-order valence-electron chi connectivity index (χ0n) is 5.97. The molecule has 0 aromatic carbocycles. The number of nitrogens with one attached hydrogen (secondary N) is 2. The van der Waals surface area contributed by atoms with E-state index in [-0.39, 0.29) is 24.8 Å². The van der Waals surface area contributed by atoms with Gasteiger partial charge in [-0.2, -0.15) is 5.53 Å². The lowest BCUT2D eigenvalue weighted by molar-refractivity contribution is 0.240. The van der Waals surface area contributed by atoms with Gasteiger partial charge in [-0.1, -0.05) is 6.92 Å². The highest BCUT2D eigenvalue weighted by atomic mass is 35.5. The SMILES string of the molecule is CCNNN(C)C.Cl.Cl. The lowest BCUT2D eigenvalue weighted by Crippen LogP contribution is -2.41. The highest BCUT2D eigenvalue weighted by Crippen LogP contribution is 1.53. The smallest absolute Gasteiger partial charge is 0.00846 e. The maximum atomic E-state index is 2.92. The van der Waals surface area contributed by atoms with E-state index in [9.17, 15) is 0 Å². The summed E-state index contributed by atoms with van der Waals surface area (Å²) in [5.41, 5.74) is 5.80. The fraction of sp³-hybridized carbons (Fsp3) is 1.00. The molecule has 0 amide bonds. The number of hydrogen-bond donors (Lipinski definition) is 2. The summed E-state index contributed by atoms with van der Waals surface area (Å²) in [6.45, 7) is 2.98. The average Bonchev–Trinajstić information content (AvgIpc) is 1.61. The van der Waals surface area contributed by atoms with Crippen LogP contribution in [0.3, 0.4) is 0 Å². The number of hydrogen-bond acceptors (Lipinski definition) is 3. The van der Waals surface area contributed by atoms with Gasteiger partial charge in [-0.05, 0) is 0 Å². The van der Waals surface area contributed by atoms with Crippen LogP contribution in [0.25, 0.3) is 0 Å². The normalized spacial score (nSPS) is 8.00. The van der Waals surface area contributed by atoms with Gasteiger partial charge in [-0.25, -0.2) is 10.4 Å². The minimum absolute atomic E-state index is 0. The first-order valence-corrected chi connectivity index (χ1v) is 2.43. The van der Waals surface area contributed by atoms with E-state index in [4.69, 9.17) is 0 Å². The van der Waals surface area contributed by atoms with Gasteiger partial charge in [0.15, 0.2) is 0 Å². The van der Waals surface area contributed by atoms with Crippen LogP contribution in [0, 0.1) is 0 Å². The van der Waals surface area contributed by atoms with Crippen molar-refractivity contribution in [2.45, 2.75) is 6.92 Å². The highest BCUT2D eigenvalue weighted by Gasteiger charge is 1.78. The molecule has 0 unspecified atom stereocenters. The molecule has 5 heteroatoms. The van der Waals surface area contributed by atoms with Crippen LogP contribution in [-0.2, 0) is 0 Å². The van der Waals surface area contributed by atoms with Crippen LogP contribution in [0.2, 0.25) is 0 Å². The van der Waals surface area contributed by atoms with Gasteiger partial charge >= 0.3 is 0 Å². The summed E-state index contributed by atoms with van der Waals surface area (Å²) < 4.78 is 0. The van der Waals surface area contributed by atoms with Crippen LogP contribution in [0.15, 0.2) is 0 Å². The van der Waals surface area contributed by atoms with Crippen LogP contribution < -0.4 is 11.0 Å². The molecule has 0 aromatic rings. The molecule has 0 saturated heterocycles. The maximum Gasteiger partial charge on any atom is 0.00846 e. The van der Waals surface area contributed by atoms with E-state index in [1.807, 2.05) is 26.0 Å². The van der Waals surface area contributed by atoms with E-state index >= 15 is 0 Å². The van der Waals surface area contributed by atoms with E-state index in [1.165, 1.54) is 0 Å². The van der Waals surface area contributed by atoms with Crippen LogP contribution in [0.4, 0.5) is 0 Å². The van der Waals surface area contributed by atoms with Gasteiger partial charge < -0.3 is 0 Å². The molecule has 0 saturated carbocycles. The minimum atomic E-state index is 0. The van der Waals surface area contributed by atoms with Gasteiger partial charge in [0.25, 0.3) is 0 Å². The Kier molecular flexibility index (Phi) is 20.3. The molecule has 0 rings (SSSR count). The molecule has 0 aliphatic heterocycles. The third-order valence-electron chi connectivity index (χ3n) is 0.479. The van der Waals surface area contributed by atoms with Crippen molar-refractivity contribution < 1.29 is 0 Å². The van der Waals surface area contributed by atoms with Gasteiger partial charge in [0.2, 0.25) is 0 Å². The Morgan fingerprint density at radius 1 is 1.22 bits per heavy atom. The topological polar surface area (TPSA) is 27.3 Å². The Hall–Kier alpha value is 0.460. The minimum Gasteiger partial charge on any atom is -0.244 e. The van der Waals surface area contributed by atoms with Crippen LogP contribution in [0.1, 0.15) is 6.92 Å². The molecule has 2 N–H and O–H groups in total. The Bertz CT molecular complexity index is 42.8. The van der Waals surface area contributed by atoms with Crippen LogP contribution in [0.5, 0.6) is 0 Å². The van der Waals surface area contributed by atoms with E-state index in [1.54, 1.807) is 0 Å². The van der Waals surface area contributed by atoms with Gasteiger partial charge in [-0.15, -0.1) is 24.8 Å². The largest absolute Gasteiger partial charge is 0.244 e. The third-order valence-corrected chi connectivity index (χ3v) is 0.479. The average molecular weight is 176 g/mol. The molecule has 0 heterocycles. The predicted octanol–water partition coefficient (Wildman–Crippen LogP) is 0.421. The number of nitrogens with zero attached hydrogens (tertiary/aromatic N) is 1. The summed E-state index contributed by atoms with van der Waals surface area (Å²) in [5, 5.41) is 1.85. The predicted molar refractivity (Wildman–Crippen MR) is 45.0 cm³/mol. The molecule has 0 fully saturated rings. The van der Waals surface area contributed by atoms with Gasteiger partial charge in [0.1, 0.15) is 0 Å². The first kappa shape index (κ1) is 16.2. The van der Waals surface area contributed by atoms with Crippen molar-refractivity contribution in [2.24, 2.45) is 0 Å². The molecule has 0 radical (unpaired) electrons.